The fourth-order valence-electron chi connectivity index (χ4n) is 2.79. The number of hydrogen-bond donors (Lipinski definition) is 0. The van der Waals surface area contributed by atoms with Gasteiger partial charge in [-0.25, -0.2) is 0 Å². The van der Waals surface area contributed by atoms with E-state index in [1.807, 2.05) is 121 Å². The summed E-state index contributed by atoms with van der Waals surface area (Å²) in [6, 6.07) is 37.3. The van der Waals surface area contributed by atoms with E-state index in [1.165, 1.54) is 0 Å². The van der Waals surface area contributed by atoms with Crippen molar-refractivity contribution < 1.29 is 0 Å². The van der Waals surface area contributed by atoms with Crippen molar-refractivity contribution in [3.63, 3.8) is 0 Å². The van der Waals surface area contributed by atoms with Crippen LogP contribution in [0.3, 0.4) is 0 Å². The van der Waals surface area contributed by atoms with Gasteiger partial charge in [0.05, 0.1) is 22.8 Å². The Labute approximate surface area is 176 Å². The lowest BCUT2D eigenvalue weighted by Crippen LogP contribution is -1.81. The zero-order chi connectivity index (χ0) is 20.4. The minimum absolute atomic E-state index is 0.775. The molecule has 0 atom stereocenters. The molecule has 0 saturated carbocycles. The van der Waals surface area contributed by atoms with Gasteiger partial charge in [-0.2, -0.15) is 15.3 Å². The van der Waals surface area contributed by atoms with Crippen molar-refractivity contribution in [3.05, 3.63) is 126 Å². The third-order valence-electron chi connectivity index (χ3n) is 4.33. The Morgan fingerprint density at radius 1 is 0.467 bits per heavy atom. The number of rotatable bonds is 6. The van der Waals surface area contributed by atoms with Crippen LogP contribution in [0, 0.1) is 0 Å². The summed E-state index contributed by atoms with van der Waals surface area (Å²) in [4.78, 5) is 0. The van der Waals surface area contributed by atoms with Crippen LogP contribution in [0.4, 0.5) is 17.1 Å². The van der Waals surface area contributed by atoms with Gasteiger partial charge < -0.3 is 0 Å². The van der Waals surface area contributed by atoms with Crippen LogP contribution in [0.2, 0.25) is 0 Å². The van der Waals surface area contributed by atoms with E-state index in [4.69, 9.17) is 0 Å². The molecule has 0 spiro atoms. The van der Waals surface area contributed by atoms with Gasteiger partial charge in [-0.1, -0.05) is 78.9 Å². The molecule has 0 aliphatic rings. The summed E-state index contributed by atoms with van der Waals surface area (Å²) in [5, 5.41) is 17.5. The van der Waals surface area contributed by atoms with E-state index >= 15 is 0 Å². The molecule has 0 saturated heterocycles. The first kappa shape index (κ1) is 19.2. The van der Waals surface area contributed by atoms with Gasteiger partial charge in [0.15, 0.2) is 0 Å². The zero-order valence-electron chi connectivity index (χ0n) is 16.3. The molecular weight excluding hydrogens is 368 g/mol. The van der Waals surface area contributed by atoms with Crippen LogP contribution in [0.15, 0.2) is 136 Å². The molecule has 4 aromatic carbocycles. The van der Waals surface area contributed by atoms with Gasteiger partial charge in [0.1, 0.15) is 0 Å². The van der Waals surface area contributed by atoms with E-state index in [-0.39, 0.29) is 0 Å². The molecule has 0 aliphatic carbocycles. The van der Waals surface area contributed by atoms with Crippen LogP contribution in [0.5, 0.6) is 0 Å². The van der Waals surface area contributed by atoms with Gasteiger partial charge in [0.25, 0.3) is 0 Å². The molecular formula is C26H20N4. The standard InChI is InChI=1S/C26H20N4/c1-4-10-21(11-5-1)20-26(30-29-24-14-8-3-9-15-24)22-16-18-25(19-17-22)28-27-23-12-6-2-7-13-23/h1-20H. The van der Waals surface area contributed by atoms with Gasteiger partial charge >= 0.3 is 0 Å². The minimum Gasteiger partial charge on any atom is -0.151 e. The highest BCUT2D eigenvalue weighted by atomic mass is 15.1. The lowest BCUT2D eigenvalue weighted by molar-refractivity contribution is 1.22. The second-order valence-corrected chi connectivity index (χ2v) is 6.56. The maximum Gasteiger partial charge on any atom is 0.0935 e. The largest absolute Gasteiger partial charge is 0.151 e. The first-order chi connectivity index (χ1) is 14.9. The Kier molecular flexibility index (Phi) is 6.28. The molecule has 4 rings (SSSR count). The van der Waals surface area contributed by atoms with E-state index in [2.05, 4.69) is 20.5 Å². The van der Waals surface area contributed by atoms with Crippen LogP contribution >= 0.6 is 0 Å². The number of nitrogens with zero attached hydrogens (tertiary/aromatic N) is 4. The first-order valence-electron chi connectivity index (χ1n) is 9.68. The SMILES string of the molecule is C(=C(N=Nc1ccccc1)c1ccc(N=Nc2ccccc2)cc1)c1ccccc1. The van der Waals surface area contributed by atoms with Crippen molar-refractivity contribution >= 4 is 28.8 Å². The molecule has 0 N–H and O–H groups in total. The Bertz CT molecular complexity index is 1150. The van der Waals surface area contributed by atoms with E-state index < -0.39 is 0 Å². The molecule has 0 aromatic heterocycles. The second kappa shape index (κ2) is 9.85. The maximum atomic E-state index is 4.51. The molecule has 0 amide bonds. The molecule has 4 nitrogen and oxygen atoms in total. The van der Waals surface area contributed by atoms with Crippen LogP contribution in [-0.4, -0.2) is 0 Å². The first-order valence-corrected chi connectivity index (χ1v) is 9.68. The van der Waals surface area contributed by atoms with Crippen molar-refractivity contribution in [2.75, 3.05) is 0 Å². The normalized spacial score (nSPS) is 11.9. The molecule has 0 fully saturated rings. The lowest BCUT2D eigenvalue weighted by atomic mass is 10.1. The van der Waals surface area contributed by atoms with Gasteiger partial charge in [0.2, 0.25) is 0 Å². The molecule has 0 aliphatic heterocycles. The fraction of sp³-hybridized carbons (Fsp3) is 0. The van der Waals surface area contributed by atoms with Crippen molar-refractivity contribution in [2.45, 2.75) is 0 Å². The van der Waals surface area contributed by atoms with Gasteiger partial charge in [-0.15, -0.1) is 5.11 Å². The lowest BCUT2D eigenvalue weighted by Gasteiger charge is -2.03. The van der Waals surface area contributed by atoms with Crippen molar-refractivity contribution in [3.8, 4) is 0 Å². The van der Waals surface area contributed by atoms with Gasteiger partial charge in [-0.05, 0) is 48.0 Å². The molecule has 0 heterocycles. The minimum atomic E-state index is 0.775. The Balaban J connectivity index is 1.61. The number of benzene rings is 4. The quantitative estimate of drug-likeness (QED) is 0.235. The highest BCUT2D eigenvalue weighted by Gasteiger charge is 2.02. The third-order valence-corrected chi connectivity index (χ3v) is 4.33. The molecule has 4 aromatic rings. The molecule has 30 heavy (non-hydrogen) atoms. The summed E-state index contributed by atoms with van der Waals surface area (Å²) in [6.45, 7) is 0. The monoisotopic (exact) mass is 388 g/mol. The molecule has 0 radical (unpaired) electrons. The summed E-state index contributed by atoms with van der Waals surface area (Å²) in [5.74, 6) is 0. The smallest absolute Gasteiger partial charge is 0.0935 e. The molecule has 0 bridgehead atoms. The van der Waals surface area contributed by atoms with Crippen LogP contribution in [0.25, 0.3) is 11.8 Å². The van der Waals surface area contributed by atoms with Crippen LogP contribution in [0.1, 0.15) is 11.1 Å². The zero-order valence-corrected chi connectivity index (χ0v) is 16.3. The van der Waals surface area contributed by atoms with E-state index in [0.29, 0.717) is 0 Å². The predicted molar refractivity (Wildman–Crippen MR) is 122 cm³/mol. The fourth-order valence-corrected chi connectivity index (χ4v) is 2.79. The van der Waals surface area contributed by atoms with Crippen LogP contribution < -0.4 is 0 Å². The van der Waals surface area contributed by atoms with Gasteiger partial charge in [-0.3, -0.25) is 0 Å². The average molecular weight is 388 g/mol. The summed E-state index contributed by atoms with van der Waals surface area (Å²) < 4.78 is 0. The van der Waals surface area contributed by atoms with Crippen LogP contribution in [-0.2, 0) is 0 Å². The van der Waals surface area contributed by atoms with Crippen molar-refractivity contribution in [2.24, 2.45) is 20.5 Å². The number of hydrogen-bond acceptors (Lipinski definition) is 4. The maximum absolute atomic E-state index is 4.51. The second-order valence-electron chi connectivity index (χ2n) is 6.56. The molecule has 144 valence electrons. The summed E-state index contributed by atoms with van der Waals surface area (Å²) in [7, 11) is 0. The summed E-state index contributed by atoms with van der Waals surface area (Å²) in [5.41, 5.74) is 5.20. The summed E-state index contributed by atoms with van der Waals surface area (Å²) >= 11 is 0. The Morgan fingerprint density at radius 2 is 0.933 bits per heavy atom. The number of azo groups is 2. The highest BCUT2D eigenvalue weighted by Crippen LogP contribution is 2.25. The van der Waals surface area contributed by atoms with Crippen molar-refractivity contribution in [1.82, 2.24) is 0 Å². The Morgan fingerprint density at radius 3 is 1.50 bits per heavy atom. The topological polar surface area (TPSA) is 49.4 Å². The van der Waals surface area contributed by atoms with E-state index in [1.54, 1.807) is 0 Å². The van der Waals surface area contributed by atoms with Crippen molar-refractivity contribution in [1.29, 1.82) is 0 Å². The summed E-state index contributed by atoms with van der Waals surface area (Å²) in [6.07, 6.45) is 2.02. The average Bonchev–Trinajstić information content (AvgIpc) is 2.83. The third kappa shape index (κ3) is 5.42. The molecule has 4 heteroatoms. The van der Waals surface area contributed by atoms with E-state index in [9.17, 15) is 0 Å². The molecule has 0 unspecified atom stereocenters. The Hall–Kier alpha value is -4.18. The van der Waals surface area contributed by atoms with E-state index in [0.717, 1.165) is 33.9 Å². The predicted octanol–water partition coefficient (Wildman–Crippen LogP) is 8.38. The van der Waals surface area contributed by atoms with Gasteiger partial charge in [0, 0.05) is 5.56 Å². The highest BCUT2D eigenvalue weighted by molar-refractivity contribution is 5.81.